The van der Waals surface area contributed by atoms with Gasteiger partial charge in [0.25, 0.3) is 0 Å². The van der Waals surface area contributed by atoms with E-state index in [1.807, 2.05) is 0 Å². The molecule has 0 amide bonds. The highest BCUT2D eigenvalue weighted by Gasteiger charge is 2.42. The van der Waals surface area contributed by atoms with Gasteiger partial charge < -0.3 is 15.3 Å². The Morgan fingerprint density at radius 3 is 2.86 bits per heavy atom. The number of anilines is 1. The van der Waals surface area contributed by atoms with Crippen molar-refractivity contribution in [1.29, 1.82) is 0 Å². The molecule has 3 unspecified atom stereocenters. The van der Waals surface area contributed by atoms with Gasteiger partial charge >= 0.3 is 0 Å². The summed E-state index contributed by atoms with van der Waals surface area (Å²) in [5, 5.41) is 13.6. The van der Waals surface area contributed by atoms with Crippen molar-refractivity contribution < 1.29 is 5.11 Å². The molecule has 1 aliphatic heterocycles. The van der Waals surface area contributed by atoms with Crippen LogP contribution in [-0.4, -0.2) is 30.3 Å². The van der Waals surface area contributed by atoms with E-state index in [9.17, 15) is 5.11 Å². The van der Waals surface area contributed by atoms with E-state index in [1.54, 1.807) is 0 Å². The quantitative estimate of drug-likeness (QED) is 0.873. The van der Waals surface area contributed by atoms with E-state index in [1.165, 1.54) is 17.7 Å². The van der Waals surface area contributed by atoms with E-state index in [4.69, 9.17) is 0 Å². The maximum atomic E-state index is 10.1. The van der Waals surface area contributed by atoms with Gasteiger partial charge in [0.2, 0.25) is 0 Å². The number of nitrogens with one attached hydrogen (secondary N) is 1. The average Bonchev–Trinajstić information content (AvgIpc) is 2.99. The first kappa shape index (κ1) is 15.3. The Morgan fingerprint density at radius 2 is 2.14 bits per heavy atom. The van der Waals surface area contributed by atoms with Crippen LogP contribution < -0.4 is 10.2 Å². The molecular formula is C17H25BrN2O. The Balaban J connectivity index is 1.78. The third-order valence-corrected chi connectivity index (χ3v) is 5.40. The fourth-order valence-corrected chi connectivity index (χ4v) is 4.16. The highest BCUT2D eigenvalue weighted by molar-refractivity contribution is 9.10. The van der Waals surface area contributed by atoms with Crippen LogP contribution in [0.3, 0.4) is 0 Å². The van der Waals surface area contributed by atoms with Gasteiger partial charge in [-0.1, -0.05) is 29.8 Å². The molecule has 0 radical (unpaired) electrons. The van der Waals surface area contributed by atoms with E-state index >= 15 is 0 Å². The predicted octanol–water partition coefficient (Wildman–Crippen LogP) is 3.15. The largest absolute Gasteiger partial charge is 0.393 e. The fraction of sp³-hybridized carbons (Fsp3) is 0.647. The van der Waals surface area contributed by atoms with Gasteiger partial charge in [-0.2, -0.15) is 0 Å². The standard InChI is InChI=1S/C17H25BrN2O/c1-11(2)19-8-13-7-14(18)4-5-16(13)20-9-12-3-6-17(21)15(12)10-20/h4-5,7,11-12,15,17,19,21H,3,6,8-10H2,1-2H3. The van der Waals surface area contributed by atoms with Crippen LogP contribution in [-0.2, 0) is 6.54 Å². The molecule has 1 aliphatic carbocycles. The first-order valence-electron chi connectivity index (χ1n) is 7.99. The Morgan fingerprint density at radius 1 is 1.33 bits per heavy atom. The molecule has 1 saturated carbocycles. The second-order valence-electron chi connectivity index (χ2n) is 6.78. The molecule has 4 heteroatoms. The number of halogens is 1. The molecule has 1 aromatic carbocycles. The highest BCUT2D eigenvalue weighted by Crippen LogP contribution is 2.40. The van der Waals surface area contributed by atoms with Crippen LogP contribution in [0.4, 0.5) is 5.69 Å². The molecule has 3 atom stereocenters. The van der Waals surface area contributed by atoms with Gasteiger partial charge in [-0.25, -0.2) is 0 Å². The summed E-state index contributed by atoms with van der Waals surface area (Å²) in [4.78, 5) is 2.47. The van der Waals surface area contributed by atoms with Crippen molar-refractivity contribution in [1.82, 2.24) is 5.32 Å². The van der Waals surface area contributed by atoms with Gasteiger partial charge in [-0.3, -0.25) is 0 Å². The van der Waals surface area contributed by atoms with Crippen molar-refractivity contribution >= 4 is 21.6 Å². The Hall–Kier alpha value is -0.580. The van der Waals surface area contributed by atoms with Gasteiger partial charge in [0.05, 0.1) is 6.10 Å². The van der Waals surface area contributed by atoms with Crippen molar-refractivity contribution in [3.8, 4) is 0 Å². The summed E-state index contributed by atoms with van der Waals surface area (Å²) in [6.07, 6.45) is 2.08. The lowest BCUT2D eigenvalue weighted by atomic mass is 10.00. The van der Waals surface area contributed by atoms with Gasteiger partial charge in [-0.05, 0) is 42.5 Å². The molecule has 3 nitrogen and oxygen atoms in total. The van der Waals surface area contributed by atoms with Crippen LogP contribution in [0.1, 0.15) is 32.3 Å². The predicted molar refractivity (Wildman–Crippen MR) is 90.6 cm³/mol. The number of aliphatic hydroxyl groups excluding tert-OH is 1. The zero-order valence-electron chi connectivity index (χ0n) is 12.8. The second kappa shape index (κ2) is 6.27. The summed E-state index contributed by atoms with van der Waals surface area (Å²) in [5.41, 5.74) is 2.67. The first-order valence-corrected chi connectivity index (χ1v) is 8.78. The Kier molecular flexibility index (Phi) is 4.57. The number of hydrogen-bond acceptors (Lipinski definition) is 3. The minimum atomic E-state index is -0.0901. The molecule has 21 heavy (non-hydrogen) atoms. The topological polar surface area (TPSA) is 35.5 Å². The molecule has 1 saturated heterocycles. The van der Waals surface area contributed by atoms with Crippen LogP contribution in [0.25, 0.3) is 0 Å². The minimum Gasteiger partial charge on any atom is -0.393 e. The van der Waals surface area contributed by atoms with E-state index < -0.39 is 0 Å². The average molecular weight is 353 g/mol. The molecule has 0 spiro atoms. The molecule has 2 fully saturated rings. The Labute approximate surface area is 135 Å². The molecule has 0 aromatic heterocycles. The summed E-state index contributed by atoms with van der Waals surface area (Å²) in [7, 11) is 0. The molecule has 3 rings (SSSR count). The van der Waals surface area contributed by atoms with E-state index in [0.29, 0.717) is 17.9 Å². The SMILES string of the molecule is CC(C)NCc1cc(Br)ccc1N1CC2CCC(O)C2C1. The van der Waals surface area contributed by atoms with Crippen LogP contribution in [0.15, 0.2) is 22.7 Å². The summed E-state index contributed by atoms with van der Waals surface area (Å²) >= 11 is 3.58. The fourth-order valence-electron chi connectivity index (χ4n) is 3.75. The van der Waals surface area contributed by atoms with Crippen molar-refractivity contribution in [2.24, 2.45) is 11.8 Å². The lowest BCUT2D eigenvalue weighted by molar-refractivity contribution is 0.133. The van der Waals surface area contributed by atoms with Gasteiger partial charge in [-0.15, -0.1) is 0 Å². The van der Waals surface area contributed by atoms with Gasteiger partial charge in [0, 0.05) is 41.8 Å². The van der Waals surface area contributed by atoms with E-state index in [2.05, 4.69) is 58.2 Å². The van der Waals surface area contributed by atoms with Crippen molar-refractivity contribution in [3.05, 3.63) is 28.2 Å². The molecular weight excluding hydrogens is 328 g/mol. The van der Waals surface area contributed by atoms with Crippen LogP contribution in [0, 0.1) is 11.8 Å². The zero-order chi connectivity index (χ0) is 15.0. The van der Waals surface area contributed by atoms with Crippen LogP contribution in [0.2, 0.25) is 0 Å². The number of aliphatic hydroxyl groups is 1. The molecule has 116 valence electrons. The summed E-state index contributed by atoms with van der Waals surface area (Å²) in [6, 6.07) is 7.04. The highest BCUT2D eigenvalue weighted by atomic mass is 79.9. The van der Waals surface area contributed by atoms with E-state index in [0.717, 1.165) is 30.5 Å². The summed E-state index contributed by atoms with van der Waals surface area (Å²) < 4.78 is 1.13. The molecule has 2 aliphatic rings. The number of fused-ring (bicyclic) bond motifs is 1. The van der Waals surface area contributed by atoms with Crippen LogP contribution in [0.5, 0.6) is 0 Å². The number of nitrogens with zero attached hydrogens (tertiary/aromatic N) is 1. The minimum absolute atomic E-state index is 0.0901. The summed E-state index contributed by atoms with van der Waals surface area (Å²) in [5.74, 6) is 1.15. The monoisotopic (exact) mass is 352 g/mol. The molecule has 1 aromatic rings. The van der Waals surface area contributed by atoms with Crippen LogP contribution >= 0.6 is 15.9 Å². The molecule has 1 heterocycles. The lowest BCUT2D eigenvalue weighted by Crippen LogP contribution is -2.27. The second-order valence-corrected chi connectivity index (χ2v) is 7.70. The van der Waals surface area contributed by atoms with Crippen molar-refractivity contribution in [2.75, 3.05) is 18.0 Å². The number of rotatable bonds is 4. The van der Waals surface area contributed by atoms with Crippen molar-refractivity contribution in [2.45, 2.75) is 45.4 Å². The van der Waals surface area contributed by atoms with Gasteiger partial charge in [0.1, 0.15) is 0 Å². The third kappa shape index (κ3) is 3.27. The Bertz CT molecular complexity index is 506. The van der Waals surface area contributed by atoms with Gasteiger partial charge in [0.15, 0.2) is 0 Å². The molecule has 0 bridgehead atoms. The van der Waals surface area contributed by atoms with Crippen molar-refractivity contribution in [3.63, 3.8) is 0 Å². The third-order valence-electron chi connectivity index (χ3n) is 4.90. The maximum absolute atomic E-state index is 10.1. The first-order chi connectivity index (χ1) is 10.0. The maximum Gasteiger partial charge on any atom is 0.0588 e. The smallest absolute Gasteiger partial charge is 0.0588 e. The number of benzene rings is 1. The zero-order valence-corrected chi connectivity index (χ0v) is 14.4. The normalized spacial score (nSPS) is 28.4. The lowest BCUT2D eigenvalue weighted by Gasteiger charge is -2.24. The van der Waals surface area contributed by atoms with E-state index in [-0.39, 0.29) is 6.10 Å². The summed E-state index contributed by atoms with van der Waals surface area (Å²) in [6.45, 7) is 7.34. The number of hydrogen-bond donors (Lipinski definition) is 2. The molecule has 2 N–H and O–H groups in total.